The molecule has 3 aromatic rings. The highest BCUT2D eigenvalue weighted by molar-refractivity contribution is 5.48. The van der Waals surface area contributed by atoms with Crippen LogP contribution in [-0.2, 0) is 18.8 Å². The monoisotopic (exact) mass is 445 g/mol. The zero-order chi connectivity index (χ0) is 22.6. The summed E-state index contributed by atoms with van der Waals surface area (Å²) >= 11 is 0. The third kappa shape index (κ3) is 3.99. The van der Waals surface area contributed by atoms with Gasteiger partial charge in [0.2, 0.25) is 5.88 Å². The third-order valence-electron chi connectivity index (χ3n) is 5.01. The molecule has 5 nitrogen and oxygen atoms in total. The van der Waals surface area contributed by atoms with Crippen LogP contribution in [0.1, 0.15) is 40.4 Å². The topological polar surface area (TPSA) is 75.5 Å². The van der Waals surface area contributed by atoms with Crippen molar-refractivity contribution in [2.75, 3.05) is 0 Å². The second-order valence-electron chi connectivity index (χ2n) is 6.99. The number of benzene rings is 2. The molecule has 4 rings (SSSR count). The summed E-state index contributed by atoms with van der Waals surface area (Å²) in [7, 11) is 0. The first-order valence-electron chi connectivity index (χ1n) is 8.94. The number of rotatable bonds is 3. The van der Waals surface area contributed by atoms with E-state index in [1.807, 2.05) is 0 Å². The Labute approximate surface area is 169 Å². The number of nitrogens with one attached hydrogen (secondary N) is 1. The van der Waals surface area contributed by atoms with Gasteiger partial charge < -0.3 is 14.3 Å². The first-order chi connectivity index (χ1) is 14.4. The molecular weight excluding hydrogens is 432 g/mol. The molecule has 0 aliphatic heterocycles. The molecule has 164 valence electrons. The summed E-state index contributed by atoms with van der Waals surface area (Å²) in [4.78, 5) is 13.4. The Balaban J connectivity index is 1.66. The molecule has 0 radical (unpaired) electrons. The predicted octanol–water partition coefficient (Wildman–Crippen LogP) is 5.58. The van der Waals surface area contributed by atoms with Gasteiger partial charge in [-0.15, -0.1) is 0 Å². The van der Waals surface area contributed by atoms with Crippen LogP contribution in [0.3, 0.4) is 0 Å². The second-order valence-corrected chi connectivity index (χ2v) is 6.99. The number of aromatic amines is 1. The van der Waals surface area contributed by atoms with Gasteiger partial charge in [0, 0.05) is 5.92 Å². The van der Waals surface area contributed by atoms with Crippen molar-refractivity contribution >= 4 is 0 Å². The molecule has 1 aliphatic carbocycles. The van der Waals surface area contributed by atoms with Crippen LogP contribution < -0.4 is 10.5 Å². The number of aryl methyl sites for hydroxylation is 1. The highest BCUT2D eigenvalue weighted by Gasteiger charge is 2.39. The fourth-order valence-corrected chi connectivity index (χ4v) is 3.64. The normalized spacial score (nSPS) is 16.4. The van der Waals surface area contributed by atoms with Crippen molar-refractivity contribution in [2.45, 2.75) is 31.1 Å². The van der Waals surface area contributed by atoms with Gasteiger partial charge in [-0.1, -0.05) is 6.07 Å². The number of hydrogen-bond acceptors (Lipinski definition) is 4. The van der Waals surface area contributed by atoms with E-state index in [0.717, 1.165) is 0 Å². The molecule has 1 heterocycles. The van der Waals surface area contributed by atoms with Crippen molar-refractivity contribution in [3.63, 3.8) is 0 Å². The molecule has 0 saturated carbocycles. The van der Waals surface area contributed by atoms with E-state index in [9.17, 15) is 36.2 Å². The van der Waals surface area contributed by atoms with Gasteiger partial charge in [-0.3, -0.25) is 4.98 Å². The lowest BCUT2D eigenvalue weighted by Gasteiger charge is -2.17. The van der Waals surface area contributed by atoms with E-state index in [4.69, 9.17) is 9.15 Å². The van der Waals surface area contributed by atoms with Crippen LogP contribution in [0, 0.1) is 0 Å². The van der Waals surface area contributed by atoms with E-state index in [1.54, 1.807) is 6.07 Å². The zero-order valence-corrected chi connectivity index (χ0v) is 15.4. The third-order valence-corrected chi connectivity index (χ3v) is 5.01. The summed E-state index contributed by atoms with van der Waals surface area (Å²) in [5, 5.41) is 9.79. The fourth-order valence-electron chi connectivity index (χ4n) is 3.64. The Morgan fingerprint density at radius 3 is 2.39 bits per heavy atom. The van der Waals surface area contributed by atoms with Gasteiger partial charge in [-0.2, -0.15) is 26.3 Å². The molecule has 0 unspecified atom stereocenters. The molecule has 2 N–H and O–H groups in total. The number of oxazole rings is 1. The van der Waals surface area contributed by atoms with E-state index in [-0.39, 0.29) is 17.6 Å². The van der Waals surface area contributed by atoms with Crippen LogP contribution in [0.4, 0.5) is 26.3 Å². The lowest BCUT2D eigenvalue weighted by atomic mass is 9.99. The summed E-state index contributed by atoms with van der Waals surface area (Å²) in [6, 6.07) is 5.53. The number of alkyl halides is 6. The minimum absolute atomic E-state index is 0.00408. The van der Waals surface area contributed by atoms with Gasteiger partial charge in [0.15, 0.2) is 5.76 Å². The van der Waals surface area contributed by atoms with Gasteiger partial charge in [-0.25, -0.2) is 4.79 Å². The van der Waals surface area contributed by atoms with Gasteiger partial charge in [0.1, 0.15) is 11.5 Å². The Hall–Kier alpha value is -3.37. The average Bonchev–Trinajstić information content (AvgIpc) is 3.22. The first-order valence-corrected chi connectivity index (χ1v) is 8.94. The van der Waals surface area contributed by atoms with Crippen LogP contribution >= 0.6 is 0 Å². The molecule has 1 atom stereocenters. The Kier molecular flexibility index (Phi) is 4.78. The van der Waals surface area contributed by atoms with Crippen LogP contribution in [0.15, 0.2) is 45.6 Å². The number of H-pyrrole nitrogens is 1. The van der Waals surface area contributed by atoms with Crippen molar-refractivity contribution in [1.82, 2.24) is 4.98 Å². The summed E-state index contributed by atoms with van der Waals surface area (Å²) in [6.07, 6.45) is -9.05. The molecule has 0 spiro atoms. The Bertz CT molecular complexity index is 1190. The fraction of sp³-hybridized carbons (Fsp3) is 0.250. The highest BCUT2D eigenvalue weighted by atomic mass is 19.4. The number of halogens is 6. The molecular formula is C20H13F6NO4. The maximum absolute atomic E-state index is 13.3. The minimum Gasteiger partial charge on any atom is -0.492 e. The number of ether oxygens (including phenoxy) is 1. The van der Waals surface area contributed by atoms with Gasteiger partial charge >= 0.3 is 18.1 Å². The molecule has 31 heavy (non-hydrogen) atoms. The maximum atomic E-state index is 13.3. The van der Waals surface area contributed by atoms with E-state index < -0.39 is 46.8 Å². The van der Waals surface area contributed by atoms with Crippen molar-refractivity contribution in [2.24, 2.45) is 0 Å². The SMILES string of the molecule is O=c1[nH]c(O)c([C@@H]2CCc3cc(Oc4ccc(C(F)(F)F)cc4C(F)(F)F)ccc32)o1. The van der Waals surface area contributed by atoms with Crippen LogP contribution in [0.5, 0.6) is 17.4 Å². The first kappa shape index (κ1) is 20.9. The maximum Gasteiger partial charge on any atom is 0.420 e. The second kappa shape index (κ2) is 7.10. The molecule has 1 aliphatic rings. The van der Waals surface area contributed by atoms with Crippen molar-refractivity contribution in [1.29, 1.82) is 0 Å². The van der Waals surface area contributed by atoms with E-state index in [0.29, 0.717) is 36.1 Å². The summed E-state index contributed by atoms with van der Waals surface area (Å²) in [5.74, 6) is -2.35. The molecule has 0 saturated heterocycles. The largest absolute Gasteiger partial charge is 0.492 e. The average molecular weight is 445 g/mol. The van der Waals surface area contributed by atoms with Crippen molar-refractivity contribution < 1.29 is 40.6 Å². The van der Waals surface area contributed by atoms with Gasteiger partial charge in [0.25, 0.3) is 0 Å². The van der Waals surface area contributed by atoms with Crippen LogP contribution in [-0.4, -0.2) is 10.1 Å². The highest BCUT2D eigenvalue weighted by Crippen LogP contribution is 2.44. The molecule has 0 amide bonds. The van der Waals surface area contributed by atoms with Crippen molar-refractivity contribution in [3.05, 3.63) is 75.0 Å². The standard InChI is InChI=1S/C20H13F6NO4/c21-19(22,23)10-2-6-15(14(8-10)20(24,25)26)30-11-3-5-12-9(7-11)1-4-13(12)16-17(28)27-18(29)31-16/h2-3,5-8,13,28H,1,4H2,(H,27,29)/t13-/m1/s1. The summed E-state index contributed by atoms with van der Waals surface area (Å²) in [6.45, 7) is 0. The Morgan fingerprint density at radius 2 is 1.77 bits per heavy atom. The smallest absolute Gasteiger partial charge is 0.420 e. The molecule has 1 aromatic heterocycles. The lowest BCUT2D eigenvalue weighted by Crippen LogP contribution is -2.11. The van der Waals surface area contributed by atoms with Crippen LogP contribution in [0.2, 0.25) is 0 Å². The van der Waals surface area contributed by atoms with Gasteiger partial charge in [0.05, 0.1) is 11.1 Å². The quantitative estimate of drug-likeness (QED) is 0.516. The number of fused-ring (bicyclic) bond motifs is 1. The summed E-state index contributed by atoms with van der Waals surface area (Å²) in [5.41, 5.74) is -1.60. The number of aromatic hydroxyl groups is 1. The molecule has 2 aromatic carbocycles. The van der Waals surface area contributed by atoms with Gasteiger partial charge in [-0.05, 0) is 54.3 Å². The van der Waals surface area contributed by atoms with Crippen molar-refractivity contribution in [3.8, 4) is 17.4 Å². The number of aromatic nitrogens is 1. The minimum atomic E-state index is -5.05. The molecule has 0 fully saturated rings. The van der Waals surface area contributed by atoms with E-state index in [1.165, 1.54) is 12.1 Å². The Morgan fingerprint density at radius 1 is 1.03 bits per heavy atom. The number of hydrogen-bond donors (Lipinski definition) is 2. The molecule has 11 heteroatoms. The molecule has 0 bridgehead atoms. The van der Waals surface area contributed by atoms with E-state index >= 15 is 0 Å². The lowest BCUT2D eigenvalue weighted by molar-refractivity contribution is -0.143. The zero-order valence-electron chi connectivity index (χ0n) is 15.4. The van der Waals surface area contributed by atoms with E-state index in [2.05, 4.69) is 4.98 Å². The predicted molar refractivity (Wildman–Crippen MR) is 94.1 cm³/mol. The summed E-state index contributed by atoms with van der Waals surface area (Å²) < 4.78 is 88.6. The van der Waals surface area contributed by atoms with Crippen LogP contribution in [0.25, 0.3) is 0 Å².